The van der Waals surface area contributed by atoms with Crippen molar-refractivity contribution in [1.29, 1.82) is 0 Å². The summed E-state index contributed by atoms with van der Waals surface area (Å²) in [6.07, 6.45) is -0.883. The fourth-order valence-electron chi connectivity index (χ4n) is 3.30. The highest BCUT2D eigenvalue weighted by molar-refractivity contribution is 7.58. The fraction of sp³-hybridized carbons (Fsp3) is 0.391. The molecule has 1 unspecified atom stereocenters. The Morgan fingerprint density at radius 1 is 1.00 bits per heavy atom. The summed E-state index contributed by atoms with van der Waals surface area (Å²) in [5, 5.41) is 12.0. The van der Waals surface area contributed by atoms with Crippen molar-refractivity contribution >= 4 is 19.4 Å². The molecule has 2 rings (SSSR count). The third kappa shape index (κ3) is 8.56. The van der Waals surface area contributed by atoms with Gasteiger partial charge in [-0.1, -0.05) is 74.5 Å². The Kier molecular flexibility index (Phi) is 9.28. The number of aliphatic carboxylic acids is 1. The van der Waals surface area contributed by atoms with Gasteiger partial charge in [0.25, 0.3) is 0 Å². The number of hydrogen-bond donors (Lipinski definition) is 3. The van der Waals surface area contributed by atoms with Crippen LogP contribution in [0.15, 0.2) is 60.7 Å². The van der Waals surface area contributed by atoms with Crippen molar-refractivity contribution < 1.29 is 28.9 Å². The molecule has 2 aromatic carbocycles. The number of nitrogens with one attached hydrogen (secondary N) is 1. The minimum atomic E-state index is -4.08. The van der Waals surface area contributed by atoms with Gasteiger partial charge >= 0.3 is 12.1 Å². The molecule has 3 N–H and O–H groups in total. The van der Waals surface area contributed by atoms with Crippen molar-refractivity contribution in [3.8, 4) is 0 Å². The molecule has 31 heavy (non-hydrogen) atoms. The molecule has 168 valence electrons. The zero-order chi connectivity index (χ0) is 22.9. The van der Waals surface area contributed by atoms with Crippen molar-refractivity contribution in [3.63, 3.8) is 0 Å². The Bertz CT molecular complexity index is 887. The number of benzene rings is 2. The minimum absolute atomic E-state index is 0.0194. The van der Waals surface area contributed by atoms with Crippen LogP contribution in [-0.4, -0.2) is 34.0 Å². The lowest BCUT2D eigenvalue weighted by Crippen LogP contribution is -2.38. The van der Waals surface area contributed by atoms with Crippen LogP contribution in [0.1, 0.15) is 31.4 Å². The molecule has 0 heterocycles. The average molecular weight is 447 g/mol. The van der Waals surface area contributed by atoms with Gasteiger partial charge in [-0.15, -0.1) is 0 Å². The van der Waals surface area contributed by atoms with Crippen molar-refractivity contribution in [2.45, 2.75) is 39.1 Å². The summed E-state index contributed by atoms with van der Waals surface area (Å²) in [6, 6.07) is 18.1. The second-order valence-corrected chi connectivity index (χ2v) is 10.5. The first kappa shape index (κ1) is 24.6. The van der Waals surface area contributed by atoms with E-state index in [4.69, 9.17) is 4.74 Å². The maximum absolute atomic E-state index is 13.2. The quantitative estimate of drug-likeness (QED) is 0.437. The first-order valence-corrected chi connectivity index (χ1v) is 12.1. The number of carbonyl (C=O) groups excluding carboxylic acids is 1. The summed E-state index contributed by atoms with van der Waals surface area (Å²) in [5.41, 5.74) is 1.54. The monoisotopic (exact) mass is 447 g/mol. The summed E-state index contributed by atoms with van der Waals surface area (Å²) in [6.45, 7) is 3.74. The number of ether oxygens (including phenoxy) is 1. The molecule has 8 heteroatoms. The average Bonchev–Trinajstić information content (AvgIpc) is 2.72. The molecule has 0 spiro atoms. The molecular formula is C23H30NO6P. The summed E-state index contributed by atoms with van der Waals surface area (Å²) in [7, 11) is -4.08. The number of carboxylic acid groups (broad SMARTS) is 1. The van der Waals surface area contributed by atoms with Crippen LogP contribution in [-0.2, 0) is 27.1 Å². The molecule has 0 fully saturated rings. The van der Waals surface area contributed by atoms with Crippen molar-refractivity contribution in [1.82, 2.24) is 5.32 Å². The first-order chi connectivity index (χ1) is 14.7. The van der Waals surface area contributed by atoms with Gasteiger partial charge < -0.3 is 20.1 Å². The molecule has 0 bridgehead atoms. The van der Waals surface area contributed by atoms with Gasteiger partial charge in [-0.25, -0.2) is 4.79 Å². The second kappa shape index (κ2) is 11.7. The SMILES string of the molecule is CC(C)C[C@H](CP(=O)(O)[C@H](Cc1ccccc1)NC(=O)OCc1ccccc1)C(=O)O. The van der Waals surface area contributed by atoms with Gasteiger partial charge in [-0.3, -0.25) is 9.36 Å². The Hall–Kier alpha value is -2.63. The van der Waals surface area contributed by atoms with E-state index in [1.165, 1.54) is 0 Å². The van der Waals surface area contributed by atoms with E-state index < -0.39 is 37.3 Å². The van der Waals surface area contributed by atoms with E-state index in [2.05, 4.69) is 5.32 Å². The summed E-state index contributed by atoms with van der Waals surface area (Å²) < 4.78 is 18.5. The molecule has 7 nitrogen and oxygen atoms in total. The largest absolute Gasteiger partial charge is 0.481 e. The van der Waals surface area contributed by atoms with Crippen molar-refractivity contribution in [3.05, 3.63) is 71.8 Å². The Morgan fingerprint density at radius 3 is 2.06 bits per heavy atom. The molecule has 2 aromatic rings. The van der Waals surface area contributed by atoms with E-state index in [0.29, 0.717) is 0 Å². The highest BCUT2D eigenvalue weighted by Crippen LogP contribution is 2.49. The number of carbonyl (C=O) groups is 2. The van der Waals surface area contributed by atoms with Crippen LogP contribution >= 0.6 is 7.37 Å². The number of hydrogen-bond acceptors (Lipinski definition) is 4. The van der Waals surface area contributed by atoms with E-state index in [9.17, 15) is 24.2 Å². The minimum Gasteiger partial charge on any atom is -0.481 e. The highest BCUT2D eigenvalue weighted by Gasteiger charge is 2.37. The number of alkyl carbamates (subject to hydrolysis) is 1. The molecule has 0 aliphatic carbocycles. The Morgan fingerprint density at radius 2 is 1.55 bits per heavy atom. The van der Waals surface area contributed by atoms with E-state index >= 15 is 0 Å². The predicted molar refractivity (Wildman–Crippen MR) is 119 cm³/mol. The summed E-state index contributed by atoms with van der Waals surface area (Å²) >= 11 is 0. The van der Waals surface area contributed by atoms with Crippen LogP contribution in [0.25, 0.3) is 0 Å². The van der Waals surface area contributed by atoms with Gasteiger partial charge in [0.1, 0.15) is 12.4 Å². The van der Waals surface area contributed by atoms with Gasteiger partial charge in [0.05, 0.1) is 5.92 Å². The molecule has 0 saturated heterocycles. The fourth-order valence-corrected chi connectivity index (χ4v) is 5.29. The lowest BCUT2D eigenvalue weighted by atomic mass is 9.99. The van der Waals surface area contributed by atoms with E-state index in [1.807, 2.05) is 38.1 Å². The van der Waals surface area contributed by atoms with E-state index in [1.54, 1.807) is 36.4 Å². The third-order valence-corrected chi connectivity index (χ3v) is 7.09. The number of amides is 1. The van der Waals surface area contributed by atoms with Gasteiger partial charge in [-0.2, -0.15) is 0 Å². The number of carboxylic acids is 1. The zero-order valence-electron chi connectivity index (χ0n) is 17.8. The molecule has 0 saturated carbocycles. The van der Waals surface area contributed by atoms with Crippen molar-refractivity contribution in [2.75, 3.05) is 6.16 Å². The molecule has 0 aromatic heterocycles. The maximum Gasteiger partial charge on any atom is 0.408 e. The summed E-state index contributed by atoms with van der Waals surface area (Å²) in [4.78, 5) is 34.8. The van der Waals surface area contributed by atoms with Gasteiger partial charge in [0.15, 0.2) is 0 Å². The Balaban J connectivity index is 2.15. The van der Waals surface area contributed by atoms with Crippen LogP contribution in [0, 0.1) is 11.8 Å². The van der Waals surface area contributed by atoms with Crippen LogP contribution in [0.2, 0.25) is 0 Å². The normalized spacial score (nSPS) is 15.0. The molecule has 3 atom stereocenters. The summed E-state index contributed by atoms with van der Waals surface area (Å²) in [5.74, 6) is -3.20. The van der Waals surface area contributed by atoms with E-state index in [-0.39, 0.29) is 25.4 Å². The van der Waals surface area contributed by atoms with Gasteiger partial charge in [0.2, 0.25) is 7.37 Å². The highest BCUT2D eigenvalue weighted by atomic mass is 31.2. The third-order valence-electron chi connectivity index (χ3n) is 4.84. The first-order valence-electron chi connectivity index (χ1n) is 10.2. The van der Waals surface area contributed by atoms with Gasteiger partial charge in [-0.05, 0) is 23.5 Å². The topological polar surface area (TPSA) is 113 Å². The maximum atomic E-state index is 13.2. The zero-order valence-corrected chi connectivity index (χ0v) is 18.7. The molecule has 1 amide bonds. The van der Waals surface area contributed by atoms with Crippen LogP contribution in [0.5, 0.6) is 0 Å². The lowest BCUT2D eigenvalue weighted by molar-refractivity contribution is -0.141. The van der Waals surface area contributed by atoms with Gasteiger partial charge in [0, 0.05) is 12.6 Å². The predicted octanol–water partition coefficient (Wildman–Crippen LogP) is 4.50. The molecule has 0 radical (unpaired) electrons. The lowest BCUT2D eigenvalue weighted by Gasteiger charge is -2.27. The molecular weight excluding hydrogens is 417 g/mol. The standard InChI is InChI=1S/C23H30NO6P/c1-17(2)13-20(22(25)26)16-31(28,29)21(14-18-9-5-3-6-10-18)24-23(27)30-15-19-11-7-4-8-12-19/h3-12,17,20-21H,13-16H2,1-2H3,(H,24,27)(H,25,26)(H,28,29)/t20-,21-/m1/s1. The van der Waals surface area contributed by atoms with Crippen LogP contribution < -0.4 is 5.32 Å². The van der Waals surface area contributed by atoms with Crippen molar-refractivity contribution in [2.24, 2.45) is 11.8 Å². The smallest absolute Gasteiger partial charge is 0.408 e. The van der Waals surface area contributed by atoms with Crippen LogP contribution in [0.3, 0.4) is 0 Å². The molecule has 0 aliphatic heterocycles. The number of rotatable bonds is 11. The van der Waals surface area contributed by atoms with E-state index in [0.717, 1.165) is 11.1 Å². The second-order valence-electron chi connectivity index (χ2n) is 8.01. The Labute approximate surface area is 182 Å². The molecule has 0 aliphatic rings. The van der Waals surface area contributed by atoms with Crippen LogP contribution in [0.4, 0.5) is 4.79 Å².